The van der Waals surface area contributed by atoms with E-state index < -0.39 is 0 Å². The molecule has 160 valence electrons. The minimum absolute atomic E-state index is 0. The Morgan fingerprint density at radius 2 is 1.86 bits per heavy atom. The number of guanidine groups is 1. The van der Waals surface area contributed by atoms with Gasteiger partial charge in [-0.25, -0.2) is 9.97 Å². The van der Waals surface area contributed by atoms with Crippen molar-refractivity contribution in [2.75, 3.05) is 57.8 Å². The van der Waals surface area contributed by atoms with E-state index >= 15 is 0 Å². The van der Waals surface area contributed by atoms with E-state index in [-0.39, 0.29) is 24.0 Å². The molecule has 1 aromatic rings. The molecule has 0 aromatic carbocycles. The van der Waals surface area contributed by atoms with Crippen LogP contribution in [-0.4, -0.2) is 73.7 Å². The van der Waals surface area contributed by atoms with Crippen LogP contribution in [0.4, 0.5) is 5.95 Å². The van der Waals surface area contributed by atoms with Gasteiger partial charge in [0.1, 0.15) is 0 Å². The lowest BCUT2D eigenvalue weighted by Gasteiger charge is -2.34. The molecular formula is C20H38IN7. The highest BCUT2D eigenvalue weighted by atomic mass is 127. The van der Waals surface area contributed by atoms with Gasteiger partial charge in [0.05, 0.1) is 0 Å². The Kier molecular flexibility index (Phi) is 13.1. The number of anilines is 1. The Labute approximate surface area is 187 Å². The number of halogens is 1. The van der Waals surface area contributed by atoms with Crippen LogP contribution < -0.4 is 15.5 Å². The van der Waals surface area contributed by atoms with Crippen LogP contribution in [0.15, 0.2) is 23.5 Å². The molecule has 1 fully saturated rings. The smallest absolute Gasteiger partial charge is 0.225 e. The fraction of sp³-hybridized carbons (Fsp3) is 0.750. The van der Waals surface area contributed by atoms with E-state index in [1.165, 1.54) is 25.7 Å². The number of hydrogen-bond acceptors (Lipinski definition) is 5. The van der Waals surface area contributed by atoms with Gasteiger partial charge in [-0.3, -0.25) is 9.89 Å². The van der Waals surface area contributed by atoms with Gasteiger partial charge in [0.15, 0.2) is 5.96 Å². The molecule has 0 bridgehead atoms. The lowest BCUT2D eigenvalue weighted by molar-refractivity contribution is 0.260. The van der Waals surface area contributed by atoms with Crippen LogP contribution in [0.3, 0.4) is 0 Å². The first kappa shape index (κ1) is 24.9. The first-order chi connectivity index (χ1) is 13.3. The molecule has 2 heterocycles. The maximum Gasteiger partial charge on any atom is 0.225 e. The molecular weight excluding hydrogens is 465 g/mol. The number of aromatic nitrogens is 2. The summed E-state index contributed by atoms with van der Waals surface area (Å²) in [6, 6.07) is 1.86. The molecule has 1 unspecified atom stereocenters. The monoisotopic (exact) mass is 503 g/mol. The first-order valence-corrected chi connectivity index (χ1v) is 10.5. The molecule has 1 atom stereocenters. The molecule has 1 saturated heterocycles. The molecule has 0 aliphatic carbocycles. The van der Waals surface area contributed by atoms with Crippen LogP contribution in [0.5, 0.6) is 0 Å². The Bertz CT molecular complexity index is 533. The molecule has 0 radical (unpaired) electrons. The fourth-order valence-electron chi connectivity index (χ4n) is 3.36. The Morgan fingerprint density at radius 3 is 2.46 bits per heavy atom. The minimum atomic E-state index is 0. The standard InChI is InChI=1S/C20H37N7.HI/c1-4-6-8-18(5-2)17-25-19(21-3)22-11-12-26-13-15-27(16-14-26)20-23-9-7-10-24-20;/h7,9-10,18H,4-6,8,11-17H2,1-3H3,(H2,21,22,25);1H. The summed E-state index contributed by atoms with van der Waals surface area (Å²) in [6.07, 6.45) is 8.72. The second-order valence-electron chi connectivity index (χ2n) is 7.17. The number of piperazine rings is 1. The van der Waals surface area contributed by atoms with Crippen molar-refractivity contribution in [1.29, 1.82) is 0 Å². The lowest BCUT2D eigenvalue weighted by Crippen LogP contribution is -2.50. The number of unbranched alkanes of at least 4 members (excludes halogenated alkanes) is 1. The van der Waals surface area contributed by atoms with Crippen molar-refractivity contribution >= 4 is 35.9 Å². The van der Waals surface area contributed by atoms with E-state index in [9.17, 15) is 0 Å². The van der Waals surface area contributed by atoms with Gasteiger partial charge in [0, 0.05) is 65.3 Å². The van der Waals surface area contributed by atoms with E-state index in [4.69, 9.17) is 0 Å². The maximum atomic E-state index is 4.36. The van der Waals surface area contributed by atoms with Crippen LogP contribution in [0, 0.1) is 5.92 Å². The molecule has 7 nitrogen and oxygen atoms in total. The summed E-state index contributed by atoms with van der Waals surface area (Å²) < 4.78 is 0. The Hall–Kier alpha value is -1.16. The molecule has 0 saturated carbocycles. The van der Waals surface area contributed by atoms with Crippen molar-refractivity contribution in [1.82, 2.24) is 25.5 Å². The van der Waals surface area contributed by atoms with Gasteiger partial charge in [0.25, 0.3) is 0 Å². The maximum absolute atomic E-state index is 4.36. The van der Waals surface area contributed by atoms with Crippen molar-refractivity contribution in [3.05, 3.63) is 18.5 Å². The number of hydrogen-bond donors (Lipinski definition) is 2. The van der Waals surface area contributed by atoms with Gasteiger partial charge >= 0.3 is 0 Å². The van der Waals surface area contributed by atoms with Gasteiger partial charge in [-0.2, -0.15) is 0 Å². The SMILES string of the molecule is CCCCC(CC)CNC(=NC)NCCN1CCN(c2ncccn2)CC1.I. The molecule has 8 heteroatoms. The summed E-state index contributed by atoms with van der Waals surface area (Å²) in [5, 5.41) is 6.95. The van der Waals surface area contributed by atoms with Gasteiger partial charge < -0.3 is 15.5 Å². The predicted molar refractivity (Wildman–Crippen MR) is 129 cm³/mol. The zero-order valence-electron chi connectivity index (χ0n) is 17.7. The molecule has 2 N–H and O–H groups in total. The summed E-state index contributed by atoms with van der Waals surface area (Å²) >= 11 is 0. The molecule has 2 rings (SSSR count). The summed E-state index contributed by atoms with van der Waals surface area (Å²) in [6.45, 7) is 11.5. The lowest BCUT2D eigenvalue weighted by atomic mass is 9.99. The molecule has 0 amide bonds. The second-order valence-corrected chi connectivity index (χ2v) is 7.17. The number of nitrogens with zero attached hydrogens (tertiary/aromatic N) is 5. The summed E-state index contributed by atoms with van der Waals surface area (Å²) in [5.74, 6) is 2.49. The quantitative estimate of drug-likeness (QED) is 0.291. The third-order valence-electron chi connectivity index (χ3n) is 5.25. The van der Waals surface area contributed by atoms with Crippen LogP contribution in [0.25, 0.3) is 0 Å². The molecule has 1 aliphatic heterocycles. The molecule has 1 aromatic heterocycles. The van der Waals surface area contributed by atoms with Crippen LogP contribution in [-0.2, 0) is 0 Å². The van der Waals surface area contributed by atoms with E-state index in [1.54, 1.807) is 0 Å². The molecule has 1 aliphatic rings. The highest BCUT2D eigenvalue weighted by Gasteiger charge is 2.18. The van der Waals surface area contributed by atoms with Crippen molar-refractivity contribution in [2.24, 2.45) is 10.9 Å². The molecule has 0 spiro atoms. The largest absolute Gasteiger partial charge is 0.356 e. The average Bonchev–Trinajstić information content (AvgIpc) is 2.73. The van der Waals surface area contributed by atoms with Crippen LogP contribution in [0.2, 0.25) is 0 Å². The van der Waals surface area contributed by atoms with E-state index in [1.807, 2.05) is 25.5 Å². The average molecular weight is 503 g/mol. The van der Waals surface area contributed by atoms with E-state index in [0.29, 0.717) is 0 Å². The zero-order valence-corrected chi connectivity index (χ0v) is 20.1. The fourth-order valence-corrected chi connectivity index (χ4v) is 3.36. The van der Waals surface area contributed by atoms with Gasteiger partial charge in [0.2, 0.25) is 5.95 Å². The molecule has 28 heavy (non-hydrogen) atoms. The highest BCUT2D eigenvalue weighted by molar-refractivity contribution is 14.0. The van der Waals surface area contributed by atoms with Crippen molar-refractivity contribution in [2.45, 2.75) is 39.5 Å². The van der Waals surface area contributed by atoms with Crippen molar-refractivity contribution in [3.63, 3.8) is 0 Å². The third-order valence-corrected chi connectivity index (χ3v) is 5.25. The Balaban J connectivity index is 0.00000392. The summed E-state index contributed by atoms with van der Waals surface area (Å²) in [5.41, 5.74) is 0. The van der Waals surface area contributed by atoms with E-state index in [0.717, 1.165) is 63.6 Å². The second kappa shape index (κ2) is 14.8. The summed E-state index contributed by atoms with van der Waals surface area (Å²) in [4.78, 5) is 17.8. The van der Waals surface area contributed by atoms with Crippen molar-refractivity contribution in [3.8, 4) is 0 Å². The zero-order chi connectivity index (χ0) is 19.3. The summed E-state index contributed by atoms with van der Waals surface area (Å²) in [7, 11) is 1.85. The predicted octanol–water partition coefficient (Wildman–Crippen LogP) is 2.60. The van der Waals surface area contributed by atoms with E-state index in [2.05, 4.69) is 49.2 Å². The van der Waals surface area contributed by atoms with Crippen molar-refractivity contribution < 1.29 is 0 Å². The van der Waals surface area contributed by atoms with Gasteiger partial charge in [-0.05, 0) is 18.4 Å². The number of aliphatic imine (C=N–C) groups is 1. The topological polar surface area (TPSA) is 68.7 Å². The highest BCUT2D eigenvalue weighted by Crippen LogP contribution is 2.11. The minimum Gasteiger partial charge on any atom is -0.356 e. The normalized spacial score (nSPS) is 16.4. The Morgan fingerprint density at radius 1 is 1.14 bits per heavy atom. The van der Waals surface area contributed by atoms with Crippen LogP contribution >= 0.6 is 24.0 Å². The van der Waals surface area contributed by atoms with Crippen LogP contribution in [0.1, 0.15) is 39.5 Å². The third kappa shape index (κ3) is 8.89. The number of nitrogens with one attached hydrogen (secondary N) is 2. The number of rotatable bonds is 10. The van der Waals surface area contributed by atoms with Gasteiger partial charge in [-0.1, -0.05) is 33.1 Å². The van der Waals surface area contributed by atoms with Gasteiger partial charge in [-0.15, -0.1) is 24.0 Å². The first-order valence-electron chi connectivity index (χ1n) is 10.5.